The number of pyridine rings is 2. The van der Waals surface area contributed by atoms with E-state index in [2.05, 4.69) is 23.3 Å². The molecule has 0 aliphatic carbocycles. The Balaban J connectivity index is 1.48. The van der Waals surface area contributed by atoms with E-state index in [-0.39, 0.29) is 5.75 Å². The zero-order valence-corrected chi connectivity index (χ0v) is 28.2. The van der Waals surface area contributed by atoms with Crippen molar-refractivity contribution in [3.8, 4) is 39.4 Å². The SMILES string of the molecule is Cc1nc2c(cc(-c3cc(-c4ccc5c(cnn5C)c4)ccn3)n2C)c(-c2cc(F)c3c(c2C)CCCO3)c1[C@H](OC(C)(C)C)C(=O)O. The Labute approximate surface area is 278 Å². The minimum absolute atomic E-state index is 0.269. The highest BCUT2D eigenvalue weighted by Crippen LogP contribution is 2.45. The van der Waals surface area contributed by atoms with Gasteiger partial charge in [0.1, 0.15) is 5.65 Å². The number of carboxylic acids is 1. The van der Waals surface area contributed by atoms with Crippen LogP contribution in [0.3, 0.4) is 0 Å². The van der Waals surface area contributed by atoms with Gasteiger partial charge in [-0.15, -0.1) is 0 Å². The van der Waals surface area contributed by atoms with Crippen molar-refractivity contribution in [1.29, 1.82) is 0 Å². The van der Waals surface area contributed by atoms with Gasteiger partial charge in [-0.3, -0.25) is 9.67 Å². The fourth-order valence-electron chi connectivity index (χ4n) is 6.91. The first-order valence-corrected chi connectivity index (χ1v) is 16.1. The van der Waals surface area contributed by atoms with E-state index in [4.69, 9.17) is 19.4 Å². The quantitative estimate of drug-likeness (QED) is 0.196. The lowest BCUT2D eigenvalue weighted by Crippen LogP contribution is -2.28. The normalized spacial score (nSPS) is 13.9. The lowest BCUT2D eigenvalue weighted by molar-refractivity contribution is -0.160. The molecule has 4 aromatic heterocycles. The van der Waals surface area contributed by atoms with Gasteiger partial charge in [0.2, 0.25) is 0 Å². The number of fused-ring (bicyclic) bond motifs is 3. The van der Waals surface area contributed by atoms with Crippen molar-refractivity contribution in [1.82, 2.24) is 24.3 Å². The molecule has 1 aliphatic heterocycles. The topological polar surface area (TPSA) is 104 Å². The van der Waals surface area contributed by atoms with Crippen LogP contribution in [-0.4, -0.2) is 47.6 Å². The average Bonchev–Trinajstić information content (AvgIpc) is 3.59. The lowest BCUT2D eigenvalue weighted by Gasteiger charge is -2.29. The van der Waals surface area contributed by atoms with Crippen LogP contribution in [0.5, 0.6) is 5.75 Å². The van der Waals surface area contributed by atoms with Crippen LogP contribution in [-0.2, 0) is 30.0 Å². The van der Waals surface area contributed by atoms with E-state index in [1.165, 1.54) is 6.07 Å². The predicted molar refractivity (Wildman–Crippen MR) is 184 cm³/mol. The number of ether oxygens (including phenoxy) is 2. The Morgan fingerprint density at radius 3 is 2.60 bits per heavy atom. The van der Waals surface area contributed by atoms with Crippen molar-refractivity contribution in [2.75, 3.05) is 6.61 Å². The van der Waals surface area contributed by atoms with Crippen molar-refractivity contribution in [3.05, 3.63) is 83.1 Å². The number of carbonyl (C=O) groups is 1. The van der Waals surface area contributed by atoms with Crippen LogP contribution < -0.4 is 4.74 Å². The Morgan fingerprint density at radius 1 is 1.08 bits per heavy atom. The third kappa shape index (κ3) is 5.30. The maximum absolute atomic E-state index is 15.8. The number of benzene rings is 2. The van der Waals surface area contributed by atoms with Gasteiger partial charge < -0.3 is 19.1 Å². The molecule has 1 N–H and O–H groups in total. The summed E-state index contributed by atoms with van der Waals surface area (Å²) in [6, 6.07) is 13.7. The van der Waals surface area contributed by atoms with Gasteiger partial charge in [0, 0.05) is 53.4 Å². The molecule has 48 heavy (non-hydrogen) atoms. The van der Waals surface area contributed by atoms with Crippen molar-refractivity contribution in [3.63, 3.8) is 0 Å². The predicted octanol–water partition coefficient (Wildman–Crippen LogP) is 7.88. The van der Waals surface area contributed by atoms with Crippen molar-refractivity contribution in [2.45, 2.75) is 59.2 Å². The standard InChI is InChI=1S/C38H38FN5O4/c1-20-25-9-8-14-47-34(25)28(39)17-26(20)33-27-18-31(43(6)36(27)42-21(2)32(33)35(37(45)46)48-38(3,4)5)29-16-23(12-13-40-29)22-10-11-30-24(15-22)19-41-44(30)7/h10-13,15-19,35H,8-9,14H2,1-7H3,(H,45,46)/t35-/m0/s1. The smallest absolute Gasteiger partial charge is 0.337 e. The summed E-state index contributed by atoms with van der Waals surface area (Å²) in [5.74, 6) is -1.35. The van der Waals surface area contributed by atoms with E-state index in [0.717, 1.165) is 45.3 Å². The summed E-state index contributed by atoms with van der Waals surface area (Å²) in [5, 5.41) is 16.6. The molecule has 1 aliphatic rings. The third-order valence-corrected chi connectivity index (χ3v) is 9.17. The molecule has 0 saturated carbocycles. The molecule has 2 aromatic carbocycles. The van der Waals surface area contributed by atoms with Gasteiger partial charge >= 0.3 is 5.97 Å². The summed E-state index contributed by atoms with van der Waals surface area (Å²) in [5.41, 5.74) is 8.09. The molecule has 0 bridgehead atoms. The second kappa shape index (κ2) is 11.6. The summed E-state index contributed by atoms with van der Waals surface area (Å²) in [6.45, 7) is 9.63. The number of hydrogen-bond acceptors (Lipinski definition) is 6. The van der Waals surface area contributed by atoms with Gasteiger partial charge in [-0.2, -0.15) is 5.10 Å². The number of carboxylic acid groups (broad SMARTS) is 1. The van der Waals surface area contributed by atoms with E-state index >= 15 is 4.39 Å². The number of nitrogens with zero attached hydrogens (tertiary/aromatic N) is 5. The van der Waals surface area contributed by atoms with Crippen LogP contribution in [0, 0.1) is 19.7 Å². The van der Waals surface area contributed by atoms with Gasteiger partial charge in [-0.05, 0) is 106 Å². The first-order chi connectivity index (χ1) is 22.8. The average molecular weight is 648 g/mol. The summed E-state index contributed by atoms with van der Waals surface area (Å²) in [6.07, 6.45) is 3.71. The monoisotopic (exact) mass is 647 g/mol. The first-order valence-electron chi connectivity index (χ1n) is 16.1. The summed E-state index contributed by atoms with van der Waals surface area (Å²) in [4.78, 5) is 22.6. The second-order valence-corrected chi connectivity index (χ2v) is 13.5. The minimum Gasteiger partial charge on any atom is -0.490 e. The van der Waals surface area contributed by atoms with E-state index in [9.17, 15) is 9.90 Å². The summed E-state index contributed by atoms with van der Waals surface area (Å²) >= 11 is 0. The fraction of sp³-hybridized carbons (Fsp3) is 0.316. The Hall–Kier alpha value is -5.09. The van der Waals surface area contributed by atoms with Gasteiger partial charge in [0.15, 0.2) is 17.7 Å². The first kappa shape index (κ1) is 31.5. The molecule has 0 unspecified atom stereocenters. The molecular weight excluding hydrogens is 609 g/mol. The van der Waals surface area contributed by atoms with Crippen LogP contribution in [0.25, 0.3) is 55.6 Å². The summed E-state index contributed by atoms with van der Waals surface area (Å²) in [7, 11) is 3.84. The van der Waals surface area contributed by atoms with E-state index < -0.39 is 23.5 Å². The molecule has 6 aromatic rings. The maximum Gasteiger partial charge on any atom is 0.337 e. The van der Waals surface area contributed by atoms with Crippen molar-refractivity contribution < 1.29 is 23.8 Å². The van der Waals surface area contributed by atoms with Gasteiger partial charge in [-0.1, -0.05) is 6.07 Å². The zero-order chi connectivity index (χ0) is 34.1. The minimum atomic E-state index is -1.35. The Kier molecular flexibility index (Phi) is 7.58. The molecule has 246 valence electrons. The van der Waals surface area contributed by atoms with Gasteiger partial charge in [-0.25, -0.2) is 14.2 Å². The number of hydrogen-bond donors (Lipinski definition) is 1. The largest absolute Gasteiger partial charge is 0.490 e. The van der Waals surface area contributed by atoms with Crippen LogP contribution >= 0.6 is 0 Å². The zero-order valence-electron chi connectivity index (χ0n) is 28.2. The highest BCUT2D eigenvalue weighted by Gasteiger charge is 2.34. The number of aromatic nitrogens is 5. The van der Waals surface area contributed by atoms with E-state index in [0.29, 0.717) is 52.1 Å². The number of halogens is 1. The molecule has 10 heteroatoms. The van der Waals surface area contributed by atoms with E-state index in [1.54, 1.807) is 13.1 Å². The number of aryl methyl sites for hydroxylation is 3. The third-order valence-electron chi connectivity index (χ3n) is 9.17. The molecule has 9 nitrogen and oxygen atoms in total. The molecular formula is C38H38FN5O4. The van der Waals surface area contributed by atoms with Gasteiger partial charge in [0.25, 0.3) is 0 Å². The summed E-state index contributed by atoms with van der Waals surface area (Å²) < 4.78 is 31.6. The van der Waals surface area contributed by atoms with E-state index in [1.807, 2.05) is 75.4 Å². The second-order valence-electron chi connectivity index (χ2n) is 13.5. The van der Waals surface area contributed by atoms with Crippen LogP contribution in [0.4, 0.5) is 4.39 Å². The molecule has 0 fully saturated rings. The van der Waals surface area contributed by atoms with Crippen molar-refractivity contribution >= 4 is 27.9 Å². The fourth-order valence-corrected chi connectivity index (χ4v) is 6.91. The highest BCUT2D eigenvalue weighted by molar-refractivity contribution is 6.01. The van der Waals surface area contributed by atoms with Crippen LogP contribution in [0.1, 0.15) is 55.7 Å². The molecule has 0 spiro atoms. The Bertz CT molecular complexity index is 2260. The molecule has 7 rings (SSSR count). The lowest BCUT2D eigenvalue weighted by atomic mass is 9.86. The van der Waals surface area contributed by atoms with Crippen molar-refractivity contribution in [2.24, 2.45) is 14.1 Å². The van der Waals surface area contributed by atoms with Crippen LogP contribution in [0.15, 0.2) is 54.9 Å². The maximum atomic E-state index is 15.8. The molecule has 0 radical (unpaired) electrons. The van der Waals surface area contributed by atoms with Crippen LogP contribution in [0.2, 0.25) is 0 Å². The number of rotatable bonds is 6. The molecule has 0 saturated heterocycles. The van der Waals surface area contributed by atoms with Gasteiger partial charge in [0.05, 0.1) is 35.3 Å². The number of aliphatic carboxylic acids is 1. The molecule has 0 amide bonds. The Morgan fingerprint density at radius 2 is 1.85 bits per heavy atom. The highest BCUT2D eigenvalue weighted by atomic mass is 19.1. The molecule has 1 atom stereocenters. The molecule has 5 heterocycles.